The Morgan fingerprint density at radius 2 is 1.00 bits per heavy atom. The molecule has 0 fully saturated rings. The first-order chi connectivity index (χ1) is 17.4. The van der Waals surface area contributed by atoms with Crippen LogP contribution in [0.4, 0.5) is 0 Å². The van der Waals surface area contributed by atoms with Crippen LogP contribution in [0.5, 0.6) is 0 Å². The van der Waals surface area contributed by atoms with Gasteiger partial charge in [-0.05, 0) is 60.6 Å². The van der Waals surface area contributed by atoms with Gasteiger partial charge in [-0.3, -0.25) is 0 Å². The van der Waals surface area contributed by atoms with Crippen LogP contribution in [-0.2, 0) is 0 Å². The maximum Gasteiger partial charge on any atom is 0.135 e. The molecule has 4 aromatic heterocycles. The molecule has 182 valence electrons. The summed E-state index contributed by atoms with van der Waals surface area (Å²) in [5, 5.41) is 2.43. The molecule has 2 nitrogen and oxygen atoms in total. The molecule has 0 amide bonds. The Kier molecular flexibility index (Phi) is 6.37. The van der Waals surface area contributed by atoms with Crippen molar-refractivity contribution in [3.8, 4) is 22.9 Å². The highest BCUT2D eigenvalue weighted by atomic mass is 28.3. The first-order valence-corrected chi connectivity index (χ1v) is 19.2. The number of benzene rings is 1. The molecule has 1 aromatic carbocycles. The van der Waals surface area contributed by atoms with Crippen LogP contribution >= 0.6 is 0 Å². The third-order valence-corrected chi connectivity index (χ3v) is 16.2. The van der Waals surface area contributed by atoms with Gasteiger partial charge in [-0.15, -0.1) is 11.1 Å². The monoisotopic (exact) mass is 504 g/mol. The van der Waals surface area contributed by atoms with Crippen LogP contribution in [0.3, 0.4) is 0 Å². The second kappa shape index (κ2) is 9.36. The molecule has 0 saturated carbocycles. The van der Waals surface area contributed by atoms with E-state index >= 15 is 0 Å². The fraction of sp³-hybridized carbons (Fsp3) is 0.312. The summed E-state index contributed by atoms with van der Waals surface area (Å²) in [6.45, 7) is 14.0. The average Bonchev–Trinajstić information content (AvgIpc) is 3.49. The van der Waals surface area contributed by atoms with E-state index < -0.39 is 16.1 Å². The highest BCUT2D eigenvalue weighted by Gasteiger charge is 2.23. The van der Waals surface area contributed by atoms with Crippen LogP contribution in [-0.4, -0.2) is 24.9 Å². The van der Waals surface area contributed by atoms with Crippen molar-refractivity contribution in [2.75, 3.05) is 0 Å². The molecule has 4 heteroatoms. The fourth-order valence-electron chi connectivity index (χ4n) is 4.93. The molecular weight excluding hydrogens is 469 g/mol. The van der Waals surface area contributed by atoms with Crippen LogP contribution in [0.15, 0.2) is 60.9 Å². The number of pyridine rings is 2. The van der Waals surface area contributed by atoms with Crippen LogP contribution < -0.4 is 0 Å². The van der Waals surface area contributed by atoms with E-state index in [1.54, 1.807) is 0 Å². The molecular formula is C32H36N2Si2. The van der Waals surface area contributed by atoms with Crippen molar-refractivity contribution in [3.63, 3.8) is 0 Å². The molecule has 0 aliphatic carbocycles. The van der Waals surface area contributed by atoms with Crippen LogP contribution in [0.25, 0.3) is 32.8 Å². The Morgan fingerprint density at radius 3 is 1.36 bits per heavy atom. The SMILES string of the molecule is CC[Si](C)(C#Cc1c2cc3ccccn3c2c(C#C[Si](C)(CC)CC)c2cc3ccccn3c12)CC. The number of hydrogen-bond acceptors (Lipinski definition) is 0. The third kappa shape index (κ3) is 3.99. The summed E-state index contributed by atoms with van der Waals surface area (Å²) < 4.78 is 4.64. The predicted molar refractivity (Wildman–Crippen MR) is 162 cm³/mol. The van der Waals surface area contributed by atoms with Gasteiger partial charge in [0.2, 0.25) is 0 Å². The van der Waals surface area contributed by atoms with Gasteiger partial charge in [0.15, 0.2) is 0 Å². The lowest BCUT2D eigenvalue weighted by Crippen LogP contribution is -2.25. The van der Waals surface area contributed by atoms with Gasteiger partial charge >= 0.3 is 0 Å². The molecule has 0 bridgehead atoms. The summed E-state index contributed by atoms with van der Waals surface area (Å²) >= 11 is 0. The van der Waals surface area contributed by atoms with Crippen molar-refractivity contribution >= 4 is 49.0 Å². The molecule has 5 aromatic rings. The van der Waals surface area contributed by atoms with Gasteiger partial charge in [0.05, 0.1) is 22.2 Å². The van der Waals surface area contributed by atoms with Crippen molar-refractivity contribution in [2.45, 2.75) is 65.0 Å². The van der Waals surface area contributed by atoms with Gasteiger partial charge in [-0.2, -0.15) is 0 Å². The first-order valence-electron chi connectivity index (χ1n) is 13.4. The van der Waals surface area contributed by atoms with Crippen molar-refractivity contribution in [2.24, 2.45) is 0 Å². The number of fused-ring (bicyclic) bond motifs is 6. The van der Waals surface area contributed by atoms with E-state index in [1.165, 1.54) is 57.0 Å². The predicted octanol–water partition coefficient (Wildman–Crippen LogP) is 8.52. The summed E-state index contributed by atoms with van der Waals surface area (Å²) in [6.07, 6.45) is 4.35. The molecule has 5 rings (SSSR count). The van der Waals surface area contributed by atoms with E-state index in [1.807, 2.05) is 0 Å². The van der Waals surface area contributed by atoms with E-state index in [4.69, 9.17) is 0 Å². The van der Waals surface area contributed by atoms with E-state index in [9.17, 15) is 0 Å². The van der Waals surface area contributed by atoms with Gasteiger partial charge in [-0.25, -0.2) is 0 Å². The Labute approximate surface area is 217 Å². The minimum absolute atomic E-state index is 1.15. The summed E-state index contributed by atoms with van der Waals surface area (Å²) in [7, 11) is -3.21. The van der Waals surface area contributed by atoms with E-state index in [0.717, 1.165) is 11.1 Å². The molecule has 0 saturated heterocycles. The maximum absolute atomic E-state index is 3.83. The molecule has 0 atom stereocenters. The summed E-state index contributed by atoms with van der Waals surface area (Å²) in [4.78, 5) is 0. The van der Waals surface area contributed by atoms with Crippen molar-refractivity contribution in [1.29, 1.82) is 0 Å². The smallest absolute Gasteiger partial charge is 0.135 e. The highest BCUT2D eigenvalue weighted by Crippen LogP contribution is 2.36. The second-order valence-electron chi connectivity index (χ2n) is 10.6. The van der Waals surface area contributed by atoms with E-state index in [2.05, 4.69) is 133 Å². The van der Waals surface area contributed by atoms with E-state index in [-0.39, 0.29) is 0 Å². The fourth-order valence-corrected chi connectivity index (χ4v) is 7.49. The zero-order chi connectivity index (χ0) is 25.5. The molecule has 0 aliphatic heterocycles. The minimum atomic E-state index is -1.60. The van der Waals surface area contributed by atoms with Gasteiger partial charge in [0, 0.05) is 34.2 Å². The largest absolute Gasteiger partial charge is 0.315 e. The lowest BCUT2D eigenvalue weighted by molar-refractivity contribution is 1.24. The Bertz CT molecular complexity index is 1590. The quantitative estimate of drug-likeness (QED) is 0.171. The standard InChI is InChI=1S/C32H36N2Si2/c1-7-35(5,8-2)21-17-27-29-23-25-15-12-14-20-34(25)32(29)28(18-22-36(6,9-3)10-4)30-24-26-16-11-13-19-33(26)31(27)30/h11-16,19-20,23-24H,7-10H2,1-6H3. The van der Waals surface area contributed by atoms with Crippen molar-refractivity contribution < 1.29 is 0 Å². The molecule has 0 radical (unpaired) electrons. The zero-order valence-electron chi connectivity index (χ0n) is 22.5. The highest BCUT2D eigenvalue weighted by molar-refractivity contribution is 6.86. The Morgan fingerprint density at radius 1 is 0.611 bits per heavy atom. The van der Waals surface area contributed by atoms with Crippen molar-refractivity contribution in [1.82, 2.24) is 8.80 Å². The molecule has 4 heterocycles. The number of aromatic nitrogens is 2. The molecule has 0 N–H and O–H groups in total. The molecule has 0 aliphatic rings. The number of nitrogens with zero attached hydrogens (tertiary/aromatic N) is 2. The topological polar surface area (TPSA) is 8.82 Å². The second-order valence-corrected chi connectivity index (χ2v) is 20.2. The molecule has 0 spiro atoms. The summed E-state index contributed by atoms with van der Waals surface area (Å²) in [5.74, 6) is 7.54. The summed E-state index contributed by atoms with van der Waals surface area (Å²) in [5.41, 5.74) is 14.7. The lowest BCUT2D eigenvalue weighted by Gasteiger charge is -2.16. The summed E-state index contributed by atoms with van der Waals surface area (Å²) in [6, 6.07) is 22.2. The number of hydrogen-bond donors (Lipinski definition) is 0. The maximum atomic E-state index is 3.83. The van der Waals surface area contributed by atoms with Gasteiger partial charge in [-0.1, -0.05) is 64.8 Å². The van der Waals surface area contributed by atoms with Gasteiger partial charge < -0.3 is 8.80 Å². The van der Waals surface area contributed by atoms with E-state index in [0.29, 0.717) is 0 Å². The van der Waals surface area contributed by atoms with Gasteiger partial charge in [0.1, 0.15) is 16.1 Å². The van der Waals surface area contributed by atoms with Gasteiger partial charge in [0.25, 0.3) is 0 Å². The van der Waals surface area contributed by atoms with Crippen LogP contribution in [0.1, 0.15) is 38.8 Å². The third-order valence-electron chi connectivity index (χ3n) is 8.47. The lowest BCUT2D eigenvalue weighted by atomic mass is 10.0. The normalized spacial score (nSPS) is 12.2. The Balaban J connectivity index is 2.00. The van der Waals surface area contributed by atoms with Crippen LogP contribution in [0, 0.1) is 22.9 Å². The van der Waals surface area contributed by atoms with Crippen LogP contribution in [0.2, 0.25) is 37.3 Å². The number of rotatable bonds is 4. The minimum Gasteiger partial charge on any atom is -0.315 e. The zero-order valence-corrected chi connectivity index (χ0v) is 24.5. The first kappa shape index (κ1) is 24.5. The Hall–Kier alpha value is -3.19. The molecule has 36 heavy (non-hydrogen) atoms. The van der Waals surface area contributed by atoms with Crippen molar-refractivity contribution in [3.05, 3.63) is 72.1 Å². The average molecular weight is 505 g/mol. The molecule has 0 unspecified atom stereocenters.